The van der Waals surface area contributed by atoms with Crippen LogP contribution in [-0.4, -0.2) is 15.7 Å². The normalized spacial score (nSPS) is 10.5. The molecule has 0 unspecified atom stereocenters. The molecular weight excluding hydrogens is 315 g/mol. The Bertz CT molecular complexity index is 634. The van der Waals surface area contributed by atoms with Gasteiger partial charge in [-0.1, -0.05) is 0 Å². The maximum absolute atomic E-state index is 13.3. The average molecular weight is 327 g/mol. The van der Waals surface area contributed by atoms with Crippen LogP contribution in [0.5, 0.6) is 0 Å². The Morgan fingerprint density at radius 3 is 2.79 bits per heavy atom. The van der Waals surface area contributed by atoms with Crippen LogP contribution in [0.2, 0.25) is 0 Å². The largest absolute Gasteiger partial charge is 0.396 e. The molecule has 7 heteroatoms. The second-order valence-electron chi connectivity index (χ2n) is 4.11. The van der Waals surface area contributed by atoms with Gasteiger partial charge in [0.05, 0.1) is 16.4 Å². The van der Waals surface area contributed by atoms with Crippen molar-refractivity contribution in [1.82, 2.24) is 9.78 Å². The first kappa shape index (κ1) is 13.5. The van der Waals surface area contributed by atoms with Crippen LogP contribution in [-0.2, 0) is 7.05 Å². The van der Waals surface area contributed by atoms with Crippen LogP contribution in [0.25, 0.3) is 0 Å². The maximum atomic E-state index is 13.3. The highest BCUT2D eigenvalue weighted by Crippen LogP contribution is 2.25. The second kappa shape index (κ2) is 5.00. The van der Waals surface area contributed by atoms with Crippen LogP contribution in [0.4, 0.5) is 15.8 Å². The van der Waals surface area contributed by atoms with Gasteiger partial charge in [-0.3, -0.25) is 9.48 Å². The molecule has 2 rings (SSSR count). The molecule has 0 aliphatic carbocycles. The minimum Gasteiger partial charge on any atom is -0.396 e. The van der Waals surface area contributed by atoms with E-state index in [1.807, 2.05) is 0 Å². The molecule has 1 amide bonds. The molecule has 0 aliphatic heterocycles. The lowest BCUT2D eigenvalue weighted by Gasteiger charge is -2.10. The van der Waals surface area contributed by atoms with E-state index >= 15 is 0 Å². The number of halogens is 2. The Balaban J connectivity index is 2.32. The van der Waals surface area contributed by atoms with E-state index in [1.54, 1.807) is 14.0 Å². The standard InChI is InChI=1S/C12H12BrFN4O/c1-6-3-8(14)7(13)4-10(6)17-12(19)11-9(15)5-16-18(11)2/h3-5H,15H2,1-2H3,(H,17,19). The molecule has 0 atom stereocenters. The summed E-state index contributed by atoms with van der Waals surface area (Å²) in [6, 6.07) is 2.85. The van der Waals surface area contributed by atoms with Gasteiger partial charge in [-0.15, -0.1) is 0 Å². The molecule has 0 fully saturated rings. The first-order valence-electron chi connectivity index (χ1n) is 5.44. The van der Waals surface area contributed by atoms with E-state index in [4.69, 9.17) is 5.73 Å². The van der Waals surface area contributed by atoms with Gasteiger partial charge in [-0.05, 0) is 40.5 Å². The number of nitrogen functional groups attached to an aromatic ring is 1. The lowest BCUT2D eigenvalue weighted by atomic mass is 10.2. The lowest BCUT2D eigenvalue weighted by molar-refractivity contribution is 0.101. The molecule has 1 aromatic heterocycles. The minimum atomic E-state index is -0.390. The molecule has 100 valence electrons. The summed E-state index contributed by atoms with van der Waals surface area (Å²) < 4.78 is 15.0. The van der Waals surface area contributed by atoms with Gasteiger partial charge in [-0.25, -0.2) is 4.39 Å². The molecule has 19 heavy (non-hydrogen) atoms. The highest BCUT2D eigenvalue weighted by molar-refractivity contribution is 9.10. The topological polar surface area (TPSA) is 72.9 Å². The number of hydrogen-bond acceptors (Lipinski definition) is 3. The highest BCUT2D eigenvalue weighted by Gasteiger charge is 2.16. The Kier molecular flexibility index (Phi) is 3.57. The zero-order valence-corrected chi connectivity index (χ0v) is 12.0. The number of aryl methyl sites for hydroxylation is 2. The highest BCUT2D eigenvalue weighted by atomic mass is 79.9. The van der Waals surface area contributed by atoms with Crippen molar-refractivity contribution >= 4 is 33.2 Å². The quantitative estimate of drug-likeness (QED) is 0.890. The van der Waals surface area contributed by atoms with Crippen molar-refractivity contribution in [2.45, 2.75) is 6.92 Å². The average Bonchev–Trinajstić information content (AvgIpc) is 2.66. The molecule has 1 heterocycles. The van der Waals surface area contributed by atoms with Crippen molar-refractivity contribution in [3.05, 3.63) is 39.9 Å². The molecule has 0 aliphatic rings. The molecule has 0 saturated heterocycles. The summed E-state index contributed by atoms with van der Waals surface area (Å²) in [7, 11) is 1.62. The van der Waals surface area contributed by atoms with E-state index < -0.39 is 0 Å². The van der Waals surface area contributed by atoms with Crippen LogP contribution in [0.15, 0.2) is 22.8 Å². The molecule has 5 nitrogen and oxygen atoms in total. The van der Waals surface area contributed by atoms with Crippen LogP contribution in [0.3, 0.4) is 0 Å². The smallest absolute Gasteiger partial charge is 0.276 e. The number of anilines is 2. The van der Waals surface area contributed by atoms with Gasteiger partial charge in [-0.2, -0.15) is 5.10 Å². The molecule has 1 aromatic carbocycles. The Labute approximate surface area is 117 Å². The van der Waals surface area contributed by atoms with Crippen LogP contribution >= 0.6 is 15.9 Å². The van der Waals surface area contributed by atoms with E-state index in [2.05, 4.69) is 26.3 Å². The SMILES string of the molecule is Cc1cc(F)c(Br)cc1NC(=O)c1c(N)cnn1C. The summed E-state index contributed by atoms with van der Waals surface area (Å²) in [6.45, 7) is 1.71. The van der Waals surface area contributed by atoms with Gasteiger partial charge in [0.1, 0.15) is 11.5 Å². The van der Waals surface area contributed by atoms with Gasteiger partial charge >= 0.3 is 0 Å². The predicted octanol–water partition coefficient (Wildman–Crippen LogP) is 2.46. The maximum Gasteiger partial charge on any atom is 0.276 e. The van der Waals surface area contributed by atoms with E-state index in [0.717, 1.165) is 0 Å². The summed E-state index contributed by atoms with van der Waals surface area (Å²) in [5.74, 6) is -0.769. The monoisotopic (exact) mass is 326 g/mol. The van der Waals surface area contributed by atoms with E-state index in [9.17, 15) is 9.18 Å². The molecule has 0 saturated carbocycles. The van der Waals surface area contributed by atoms with Crippen molar-refractivity contribution < 1.29 is 9.18 Å². The van der Waals surface area contributed by atoms with Crippen molar-refractivity contribution in [3.8, 4) is 0 Å². The summed E-state index contributed by atoms with van der Waals surface area (Å²) in [5, 5.41) is 6.58. The number of aromatic nitrogens is 2. The third-order valence-corrected chi connectivity index (χ3v) is 3.31. The summed E-state index contributed by atoms with van der Waals surface area (Å²) in [4.78, 5) is 12.1. The minimum absolute atomic E-state index is 0.264. The number of carbonyl (C=O) groups excluding carboxylic acids is 1. The molecule has 0 spiro atoms. The first-order chi connectivity index (χ1) is 8.90. The Morgan fingerprint density at radius 2 is 2.21 bits per heavy atom. The zero-order valence-electron chi connectivity index (χ0n) is 10.4. The number of carbonyl (C=O) groups is 1. The van der Waals surface area contributed by atoms with Gasteiger partial charge in [0.2, 0.25) is 0 Å². The third-order valence-electron chi connectivity index (χ3n) is 2.70. The van der Waals surface area contributed by atoms with Gasteiger partial charge in [0.25, 0.3) is 5.91 Å². The predicted molar refractivity (Wildman–Crippen MR) is 74.4 cm³/mol. The van der Waals surface area contributed by atoms with Gasteiger partial charge < -0.3 is 11.1 Å². The number of rotatable bonds is 2. The van der Waals surface area contributed by atoms with Gasteiger partial charge in [0, 0.05) is 12.7 Å². The first-order valence-corrected chi connectivity index (χ1v) is 6.24. The molecule has 2 aromatic rings. The van der Waals surface area contributed by atoms with Crippen molar-refractivity contribution in [3.63, 3.8) is 0 Å². The fraction of sp³-hybridized carbons (Fsp3) is 0.167. The molecular formula is C12H12BrFN4O. The summed E-state index contributed by atoms with van der Waals surface area (Å²) >= 11 is 3.08. The molecule has 0 bridgehead atoms. The zero-order chi connectivity index (χ0) is 14.2. The summed E-state index contributed by atoms with van der Waals surface area (Å²) in [6.07, 6.45) is 1.41. The van der Waals surface area contributed by atoms with E-state index in [-0.39, 0.29) is 21.9 Å². The van der Waals surface area contributed by atoms with Crippen LogP contribution in [0, 0.1) is 12.7 Å². The number of nitrogens with zero attached hydrogens (tertiary/aromatic N) is 2. The van der Waals surface area contributed by atoms with Gasteiger partial charge in [0.15, 0.2) is 0 Å². The Hall–Kier alpha value is -1.89. The van der Waals surface area contributed by atoms with E-state index in [1.165, 1.54) is 23.0 Å². The molecule has 0 radical (unpaired) electrons. The lowest BCUT2D eigenvalue weighted by Crippen LogP contribution is -2.18. The summed E-state index contributed by atoms with van der Waals surface area (Å²) in [5.41, 5.74) is 7.36. The van der Waals surface area contributed by atoms with Crippen LogP contribution < -0.4 is 11.1 Å². The number of amides is 1. The fourth-order valence-corrected chi connectivity index (χ4v) is 2.04. The third kappa shape index (κ3) is 2.60. The molecule has 3 N–H and O–H groups in total. The van der Waals surface area contributed by atoms with E-state index in [0.29, 0.717) is 16.9 Å². The Morgan fingerprint density at radius 1 is 1.53 bits per heavy atom. The van der Waals surface area contributed by atoms with Crippen molar-refractivity contribution in [2.24, 2.45) is 7.05 Å². The fourth-order valence-electron chi connectivity index (χ4n) is 1.70. The number of nitrogens with two attached hydrogens (primary N) is 1. The number of hydrogen-bond donors (Lipinski definition) is 2. The van der Waals surface area contributed by atoms with Crippen molar-refractivity contribution in [1.29, 1.82) is 0 Å². The number of benzene rings is 1. The van der Waals surface area contributed by atoms with Crippen molar-refractivity contribution in [2.75, 3.05) is 11.1 Å². The second-order valence-corrected chi connectivity index (χ2v) is 4.96. The van der Waals surface area contributed by atoms with Crippen LogP contribution in [0.1, 0.15) is 16.1 Å². The number of nitrogens with one attached hydrogen (secondary N) is 1.